The van der Waals surface area contributed by atoms with E-state index in [9.17, 15) is 18.6 Å². The number of aliphatic hydroxyl groups is 2. The number of fused-ring (bicyclic) bond motifs is 1. The van der Waals surface area contributed by atoms with Crippen LogP contribution in [0.1, 0.15) is 17.4 Å². The third-order valence-corrected chi connectivity index (χ3v) is 7.52. The van der Waals surface area contributed by atoms with Gasteiger partial charge in [0.1, 0.15) is 23.8 Å². The highest BCUT2D eigenvalue weighted by Gasteiger charge is 2.44. The molecule has 10 N–H and O–H groups in total. The molecule has 0 radical (unpaired) electrons. The minimum atomic E-state index is -3.91. The number of anilines is 4. The molecule has 1 aliphatic heterocycles. The van der Waals surface area contributed by atoms with Crippen LogP contribution in [0.15, 0.2) is 60.3 Å². The van der Waals surface area contributed by atoms with Gasteiger partial charge in [-0.1, -0.05) is 36.4 Å². The average Bonchev–Trinajstić information content (AvgIpc) is 3.48. The van der Waals surface area contributed by atoms with Crippen molar-refractivity contribution in [1.82, 2.24) is 24.2 Å². The maximum Gasteiger partial charge on any atom is 0.233 e. The molecule has 2 aromatic carbocycles. The number of hydrogen-bond donors (Lipinski definition) is 7. The Bertz CT molecular complexity index is 1660. The number of imidazole rings is 1. The second-order valence-electron chi connectivity index (χ2n) is 9.11. The van der Waals surface area contributed by atoms with E-state index in [0.717, 1.165) is 11.0 Å². The predicted molar refractivity (Wildman–Crippen MR) is 150 cm³/mol. The number of aromatic nitrogens is 4. The maximum atomic E-state index is 12.5. The van der Waals surface area contributed by atoms with Crippen LogP contribution in [0, 0.1) is 0 Å². The standard InChI is InChI=1S/C25H29N9O5S/c26-11-15-6-2-4-8-17(15)31-25-32-22(28)19-23(33-25)34(13-29-19)24-21(36)20(35)18(39-24)12-30-40(37,38)10-9-14-5-1-3-7-16(14)27/h1-10,13,18,20-21,24,30,35-36H,11-12,26-27H2,(H3,28,31,32,33)/b10-9+/t18-,20-,21-,24-/m1/s1. The van der Waals surface area contributed by atoms with Crippen molar-refractivity contribution in [1.29, 1.82) is 0 Å². The fourth-order valence-corrected chi connectivity index (χ4v) is 5.14. The van der Waals surface area contributed by atoms with Crippen molar-refractivity contribution in [2.45, 2.75) is 31.1 Å². The van der Waals surface area contributed by atoms with Crippen LogP contribution in [0.4, 0.5) is 23.1 Å². The summed E-state index contributed by atoms with van der Waals surface area (Å²) >= 11 is 0. The molecule has 0 aliphatic carbocycles. The molecule has 0 saturated carbocycles. The molecule has 5 rings (SSSR count). The van der Waals surface area contributed by atoms with Crippen LogP contribution < -0.4 is 27.2 Å². The number of benzene rings is 2. The van der Waals surface area contributed by atoms with E-state index in [2.05, 4.69) is 25.0 Å². The highest BCUT2D eigenvalue weighted by molar-refractivity contribution is 7.92. The topological polar surface area (TPSA) is 230 Å². The Morgan fingerprint density at radius 3 is 2.58 bits per heavy atom. The van der Waals surface area contributed by atoms with Gasteiger partial charge in [0.05, 0.1) is 6.33 Å². The van der Waals surface area contributed by atoms with Gasteiger partial charge in [0, 0.05) is 29.9 Å². The van der Waals surface area contributed by atoms with Crippen LogP contribution in [-0.4, -0.2) is 63.0 Å². The van der Waals surface area contributed by atoms with Crippen molar-refractivity contribution in [2.75, 3.05) is 23.3 Å². The lowest BCUT2D eigenvalue weighted by molar-refractivity contribution is -0.0329. The molecule has 210 valence electrons. The smallest absolute Gasteiger partial charge is 0.233 e. The van der Waals surface area contributed by atoms with Crippen molar-refractivity contribution in [3.05, 3.63) is 71.4 Å². The van der Waals surface area contributed by atoms with Gasteiger partial charge in [-0.15, -0.1) is 0 Å². The van der Waals surface area contributed by atoms with Gasteiger partial charge in [0.25, 0.3) is 0 Å². The van der Waals surface area contributed by atoms with Crippen molar-refractivity contribution < 1.29 is 23.4 Å². The fraction of sp³-hybridized carbons (Fsp3) is 0.240. The SMILES string of the molecule is NCc1ccccc1Nc1nc(N)c2ncn([C@@H]3O[C@H](CNS(=O)(=O)/C=C/c4ccccc4N)[C@@H](O)[C@H]3O)c2n1. The number of nitrogens with two attached hydrogens (primary N) is 3. The molecule has 40 heavy (non-hydrogen) atoms. The number of aliphatic hydroxyl groups excluding tert-OH is 2. The molecule has 0 unspecified atom stereocenters. The molecule has 4 atom stereocenters. The first-order valence-corrected chi connectivity index (χ1v) is 13.8. The van der Waals surface area contributed by atoms with E-state index in [1.54, 1.807) is 24.3 Å². The Kier molecular flexibility index (Phi) is 7.66. The minimum absolute atomic E-state index is 0.0830. The molecular formula is C25H29N9O5S. The summed E-state index contributed by atoms with van der Waals surface area (Å²) in [4.78, 5) is 13.0. The van der Waals surface area contributed by atoms with Crippen molar-refractivity contribution >= 4 is 50.4 Å². The number of rotatable bonds is 9. The molecule has 15 heteroatoms. The Balaban J connectivity index is 1.33. The van der Waals surface area contributed by atoms with Crippen LogP contribution in [-0.2, 0) is 21.3 Å². The number of para-hydroxylation sites is 2. The second-order valence-corrected chi connectivity index (χ2v) is 10.8. The first kappa shape index (κ1) is 27.4. The summed E-state index contributed by atoms with van der Waals surface area (Å²) < 4.78 is 34.7. The third kappa shape index (κ3) is 5.60. The van der Waals surface area contributed by atoms with Crippen molar-refractivity contribution in [3.63, 3.8) is 0 Å². The molecule has 0 spiro atoms. The normalized spacial score (nSPS) is 21.4. The minimum Gasteiger partial charge on any atom is -0.398 e. The van der Waals surface area contributed by atoms with E-state index in [4.69, 9.17) is 21.9 Å². The molecule has 14 nitrogen and oxygen atoms in total. The molecule has 1 saturated heterocycles. The lowest BCUT2D eigenvalue weighted by Gasteiger charge is -2.17. The van der Waals surface area contributed by atoms with Crippen LogP contribution in [0.2, 0.25) is 0 Å². The molecule has 0 amide bonds. The van der Waals surface area contributed by atoms with Crippen molar-refractivity contribution in [2.24, 2.45) is 5.73 Å². The Hall–Kier alpha value is -4.12. The van der Waals surface area contributed by atoms with E-state index in [1.165, 1.54) is 17.0 Å². The molecule has 0 bridgehead atoms. The van der Waals surface area contributed by atoms with Crippen LogP contribution in [0.5, 0.6) is 0 Å². The number of hydrogen-bond acceptors (Lipinski definition) is 12. The van der Waals surface area contributed by atoms with Gasteiger partial charge < -0.3 is 37.5 Å². The van der Waals surface area contributed by atoms with Gasteiger partial charge in [0.15, 0.2) is 17.7 Å². The number of nitrogens with one attached hydrogen (secondary N) is 2. The summed E-state index contributed by atoms with van der Waals surface area (Å²) in [7, 11) is -3.91. The molecule has 4 aromatic rings. The third-order valence-electron chi connectivity index (χ3n) is 6.45. The summed E-state index contributed by atoms with van der Waals surface area (Å²) in [5, 5.41) is 25.5. The summed E-state index contributed by atoms with van der Waals surface area (Å²) in [6.07, 6.45) is -2.32. The second kappa shape index (κ2) is 11.2. The van der Waals surface area contributed by atoms with Crippen LogP contribution in [0.3, 0.4) is 0 Å². The van der Waals surface area contributed by atoms with Gasteiger partial charge in [-0.3, -0.25) is 4.57 Å². The first-order valence-electron chi connectivity index (χ1n) is 12.3. The highest BCUT2D eigenvalue weighted by atomic mass is 32.2. The zero-order valence-corrected chi connectivity index (χ0v) is 21.9. The average molecular weight is 568 g/mol. The van der Waals surface area contributed by atoms with E-state index in [0.29, 0.717) is 23.5 Å². The molecule has 1 aliphatic rings. The lowest BCUT2D eigenvalue weighted by Crippen LogP contribution is -2.39. The Morgan fingerprint density at radius 2 is 1.80 bits per heavy atom. The fourth-order valence-electron chi connectivity index (χ4n) is 4.32. The molecular weight excluding hydrogens is 538 g/mol. The van der Waals surface area contributed by atoms with E-state index in [-0.39, 0.29) is 29.5 Å². The summed E-state index contributed by atoms with van der Waals surface area (Å²) in [6, 6.07) is 14.2. The zero-order chi connectivity index (χ0) is 28.4. The van der Waals surface area contributed by atoms with Gasteiger partial charge in [-0.25, -0.2) is 18.1 Å². The van der Waals surface area contributed by atoms with E-state index in [1.807, 2.05) is 24.3 Å². The van der Waals surface area contributed by atoms with Crippen LogP contribution >= 0.6 is 0 Å². The molecule has 1 fully saturated rings. The summed E-state index contributed by atoms with van der Waals surface area (Å²) in [5.41, 5.74) is 20.8. The lowest BCUT2D eigenvalue weighted by atomic mass is 10.1. The van der Waals surface area contributed by atoms with Gasteiger partial charge >= 0.3 is 0 Å². The van der Waals surface area contributed by atoms with Crippen LogP contribution in [0.25, 0.3) is 17.2 Å². The Labute approximate surface area is 229 Å². The molecule has 2 aromatic heterocycles. The zero-order valence-electron chi connectivity index (χ0n) is 21.1. The number of sulfonamides is 1. The summed E-state index contributed by atoms with van der Waals surface area (Å²) in [5.74, 6) is 0.246. The van der Waals surface area contributed by atoms with E-state index >= 15 is 0 Å². The largest absolute Gasteiger partial charge is 0.398 e. The number of nitrogen functional groups attached to an aromatic ring is 2. The Morgan fingerprint density at radius 1 is 1.05 bits per heavy atom. The summed E-state index contributed by atoms with van der Waals surface area (Å²) in [6.45, 7) is -0.0157. The van der Waals surface area contributed by atoms with Gasteiger partial charge in [-0.05, 0) is 29.3 Å². The monoisotopic (exact) mass is 567 g/mol. The maximum absolute atomic E-state index is 12.5. The highest BCUT2D eigenvalue weighted by Crippen LogP contribution is 2.33. The van der Waals surface area contributed by atoms with Gasteiger partial charge in [-0.2, -0.15) is 9.97 Å². The quantitative estimate of drug-likeness (QED) is 0.136. The first-order chi connectivity index (χ1) is 19.2. The number of nitrogens with zero attached hydrogens (tertiary/aromatic N) is 4. The molecule has 3 heterocycles. The van der Waals surface area contributed by atoms with Gasteiger partial charge in [0.2, 0.25) is 16.0 Å². The van der Waals surface area contributed by atoms with E-state index < -0.39 is 34.6 Å². The predicted octanol–water partition coefficient (Wildman–Crippen LogP) is 0.403. The van der Waals surface area contributed by atoms with Crippen molar-refractivity contribution in [3.8, 4) is 0 Å². The number of ether oxygens (including phenoxy) is 1.